The summed E-state index contributed by atoms with van der Waals surface area (Å²) >= 11 is 1.77. The Morgan fingerprint density at radius 1 is 1.35 bits per heavy atom. The first-order chi connectivity index (χ1) is 10.6. The largest absolute Gasteiger partial charge is 0.387 e. The highest BCUT2D eigenvalue weighted by Crippen LogP contribution is 2.27. The summed E-state index contributed by atoms with van der Waals surface area (Å²) in [5.74, 6) is 2.26. The number of nitrogens with one attached hydrogen (secondary N) is 2. The number of aliphatic hydroxyl groups is 1. The van der Waals surface area contributed by atoms with E-state index < -0.39 is 5.60 Å². The monoisotopic (exact) mass is 453 g/mol. The van der Waals surface area contributed by atoms with Crippen LogP contribution in [-0.2, 0) is 6.42 Å². The molecule has 1 aromatic carbocycles. The third-order valence-electron chi connectivity index (χ3n) is 3.58. The minimum atomic E-state index is -0.663. The number of aliphatic imine (C=N–C) groups is 1. The third kappa shape index (κ3) is 7.26. The van der Waals surface area contributed by atoms with Gasteiger partial charge in [-0.25, -0.2) is 4.39 Å². The van der Waals surface area contributed by atoms with Gasteiger partial charge in [0.25, 0.3) is 0 Å². The number of halogens is 2. The van der Waals surface area contributed by atoms with E-state index in [1.54, 1.807) is 23.9 Å². The number of thioether (sulfide) groups is 1. The average Bonchev–Trinajstić information content (AvgIpc) is 2.94. The molecule has 130 valence electrons. The highest BCUT2D eigenvalue weighted by molar-refractivity contribution is 14.0. The van der Waals surface area contributed by atoms with Crippen molar-refractivity contribution < 1.29 is 9.50 Å². The fourth-order valence-corrected chi connectivity index (χ4v) is 3.55. The van der Waals surface area contributed by atoms with Crippen LogP contribution in [0.1, 0.15) is 18.9 Å². The number of benzene rings is 1. The quantitative estimate of drug-likeness (QED) is 0.352. The lowest BCUT2D eigenvalue weighted by Gasteiger charge is -2.19. The van der Waals surface area contributed by atoms with Crippen molar-refractivity contribution in [2.45, 2.75) is 25.4 Å². The lowest BCUT2D eigenvalue weighted by atomic mass is 10.1. The van der Waals surface area contributed by atoms with Gasteiger partial charge in [-0.2, -0.15) is 11.8 Å². The molecule has 23 heavy (non-hydrogen) atoms. The summed E-state index contributed by atoms with van der Waals surface area (Å²) in [5.41, 5.74) is 0.417. The summed E-state index contributed by atoms with van der Waals surface area (Å²) in [4.78, 5) is 4.48. The van der Waals surface area contributed by atoms with Crippen molar-refractivity contribution in [3.63, 3.8) is 0 Å². The first kappa shape index (κ1) is 20.5. The van der Waals surface area contributed by atoms with Gasteiger partial charge in [-0.15, -0.1) is 24.0 Å². The van der Waals surface area contributed by atoms with Gasteiger partial charge in [0, 0.05) is 18.8 Å². The zero-order valence-corrected chi connectivity index (χ0v) is 16.5. The van der Waals surface area contributed by atoms with Crippen LogP contribution in [0.25, 0.3) is 0 Å². The summed E-state index contributed by atoms with van der Waals surface area (Å²) in [5, 5.41) is 16.8. The maximum Gasteiger partial charge on any atom is 0.191 e. The number of rotatable bonds is 6. The molecule has 0 bridgehead atoms. The molecule has 1 fully saturated rings. The van der Waals surface area contributed by atoms with E-state index in [0.29, 0.717) is 13.1 Å². The normalized spacial score (nSPS) is 20.9. The smallest absolute Gasteiger partial charge is 0.191 e. The van der Waals surface area contributed by atoms with Crippen LogP contribution in [0.4, 0.5) is 4.39 Å². The van der Waals surface area contributed by atoms with Crippen LogP contribution < -0.4 is 10.6 Å². The second kappa shape index (κ2) is 10.4. The van der Waals surface area contributed by atoms with Gasteiger partial charge < -0.3 is 15.7 Å². The number of hydrogen-bond acceptors (Lipinski definition) is 3. The summed E-state index contributed by atoms with van der Waals surface area (Å²) in [7, 11) is 0. The van der Waals surface area contributed by atoms with E-state index >= 15 is 0 Å². The molecule has 0 radical (unpaired) electrons. The molecular formula is C16H25FIN3OS. The minimum absolute atomic E-state index is 0. The van der Waals surface area contributed by atoms with Crippen LogP contribution >= 0.6 is 35.7 Å². The topological polar surface area (TPSA) is 56.7 Å². The van der Waals surface area contributed by atoms with Crippen LogP contribution in [0, 0.1) is 5.82 Å². The maximum absolute atomic E-state index is 12.9. The molecule has 1 aromatic rings. The van der Waals surface area contributed by atoms with Crippen molar-refractivity contribution in [3.05, 3.63) is 35.6 Å². The summed E-state index contributed by atoms with van der Waals surface area (Å²) in [6, 6.07) is 6.53. The Morgan fingerprint density at radius 2 is 2.09 bits per heavy atom. The van der Waals surface area contributed by atoms with Gasteiger partial charge in [0.05, 0.1) is 12.1 Å². The Balaban J connectivity index is 0.00000264. The molecule has 4 nitrogen and oxygen atoms in total. The van der Waals surface area contributed by atoms with Crippen molar-refractivity contribution in [3.8, 4) is 0 Å². The van der Waals surface area contributed by atoms with E-state index in [2.05, 4.69) is 15.6 Å². The van der Waals surface area contributed by atoms with Crippen molar-refractivity contribution >= 4 is 41.7 Å². The van der Waals surface area contributed by atoms with Crippen molar-refractivity contribution in [1.82, 2.24) is 10.6 Å². The molecule has 1 atom stereocenters. The standard InChI is InChI=1S/C16H24FN3OS.HI/c1-2-18-15(20-11-16(21)8-10-22-12-16)19-9-7-13-3-5-14(17)6-4-13;/h3-6,21H,2,7-12H2,1H3,(H2,18,19,20);1H. The number of guanidine groups is 1. The molecule has 0 aliphatic carbocycles. The highest BCUT2D eigenvalue weighted by Gasteiger charge is 2.31. The number of hydrogen-bond donors (Lipinski definition) is 3. The molecule has 1 heterocycles. The van der Waals surface area contributed by atoms with Gasteiger partial charge in [-0.1, -0.05) is 12.1 Å². The van der Waals surface area contributed by atoms with Crippen LogP contribution in [0.2, 0.25) is 0 Å². The molecule has 0 aromatic heterocycles. The first-order valence-electron chi connectivity index (χ1n) is 7.68. The van der Waals surface area contributed by atoms with Crippen LogP contribution in [-0.4, -0.2) is 47.8 Å². The fraction of sp³-hybridized carbons (Fsp3) is 0.562. The Kier molecular flexibility index (Phi) is 9.23. The molecule has 0 saturated carbocycles. The maximum atomic E-state index is 12.9. The van der Waals surface area contributed by atoms with E-state index in [4.69, 9.17) is 0 Å². The van der Waals surface area contributed by atoms with E-state index in [1.807, 2.05) is 6.92 Å². The average molecular weight is 453 g/mol. The van der Waals surface area contributed by atoms with Gasteiger partial charge >= 0.3 is 0 Å². The Labute approximate surface area is 158 Å². The van der Waals surface area contributed by atoms with Crippen molar-refractivity contribution in [2.24, 2.45) is 4.99 Å². The molecule has 0 spiro atoms. The molecule has 2 rings (SSSR count). The van der Waals surface area contributed by atoms with Crippen molar-refractivity contribution in [2.75, 3.05) is 31.1 Å². The Morgan fingerprint density at radius 3 is 2.70 bits per heavy atom. The van der Waals surface area contributed by atoms with Crippen LogP contribution in [0.15, 0.2) is 29.3 Å². The van der Waals surface area contributed by atoms with Crippen LogP contribution in [0.3, 0.4) is 0 Å². The molecule has 1 saturated heterocycles. The summed E-state index contributed by atoms with van der Waals surface area (Å²) < 4.78 is 12.9. The van der Waals surface area contributed by atoms with Gasteiger partial charge in [-0.3, -0.25) is 4.99 Å². The minimum Gasteiger partial charge on any atom is -0.387 e. The van der Waals surface area contributed by atoms with Crippen LogP contribution in [0.5, 0.6) is 0 Å². The lowest BCUT2D eigenvalue weighted by molar-refractivity contribution is 0.0778. The molecule has 1 aliphatic heterocycles. The second-order valence-electron chi connectivity index (χ2n) is 5.53. The zero-order chi connectivity index (χ0) is 15.8. The Bertz CT molecular complexity index is 493. The van der Waals surface area contributed by atoms with E-state index in [0.717, 1.165) is 42.4 Å². The molecule has 7 heteroatoms. The third-order valence-corrected chi connectivity index (χ3v) is 4.81. The molecule has 3 N–H and O–H groups in total. The van der Waals surface area contributed by atoms with E-state index in [-0.39, 0.29) is 29.8 Å². The molecular weight excluding hydrogens is 428 g/mol. The Hall–Kier alpha value is -0.540. The second-order valence-corrected chi connectivity index (χ2v) is 6.63. The highest BCUT2D eigenvalue weighted by atomic mass is 127. The summed E-state index contributed by atoms with van der Waals surface area (Å²) in [6.45, 7) is 3.92. The zero-order valence-electron chi connectivity index (χ0n) is 13.3. The van der Waals surface area contributed by atoms with Gasteiger partial charge in [0.15, 0.2) is 5.96 Å². The van der Waals surface area contributed by atoms with Gasteiger partial charge in [0.1, 0.15) is 5.82 Å². The molecule has 1 aliphatic rings. The number of nitrogens with zero attached hydrogens (tertiary/aromatic N) is 1. The molecule has 0 amide bonds. The summed E-state index contributed by atoms with van der Waals surface area (Å²) in [6.07, 6.45) is 1.60. The van der Waals surface area contributed by atoms with Gasteiger partial charge in [0.2, 0.25) is 0 Å². The van der Waals surface area contributed by atoms with E-state index in [9.17, 15) is 9.50 Å². The van der Waals surface area contributed by atoms with Crippen molar-refractivity contribution in [1.29, 1.82) is 0 Å². The predicted octanol–water partition coefficient (Wildman–Crippen LogP) is 2.41. The van der Waals surface area contributed by atoms with Gasteiger partial charge in [-0.05, 0) is 43.2 Å². The SMILES string of the molecule is CCNC(=NCC1(O)CCSC1)NCCc1ccc(F)cc1.I. The lowest BCUT2D eigenvalue weighted by Crippen LogP contribution is -2.40. The van der Waals surface area contributed by atoms with E-state index in [1.165, 1.54) is 12.1 Å². The fourth-order valence-electron chi connectivity index (χ4n) is 2.27. The first-order valence-corrected chi connectivity index (χ1v) is 8.83. The molecule has 1 unspecified atom stereocenters. The predicted molar refractivity (Wildman–Crippen MR) is 106 cm³/mol.